The maximum Gasteiger partial charge on any atom is 0.0956 e. The Bertz CT molecular complexity index is 843. The first kappa shape index (κ1) is 18.9. The summed E-state index contributed by atoms with van der Waals surface area (Å²) in [6, 6.07) is 12.7. The molecule has 6 heteroatoms. The highest BCUT2D eigenvalue weighted by Crippen LogP contribution is 2.23. The second-order valence-electron chi connectivity index (χ2n) is 7.49. The third kappa shape index (κ3) is 4.34. The highest BCUT2D eigenvalue weighted by Gasteiger charge is 2.22. The number of hydrogen-bond acceptors (Lipinski definition) is 4. The van der Waals surface area contributed by atoms with Gasteiger partial charge in [0.1, 0.15) is 0 Å². The predicted molar refractivity (Wildman–Crippen MR) is 110 cm³/mol. The van der Waals surface area contributed by atoms with E-state index in [1.54, 1.807) is 0 Å². The van der Waals surface area contributed by atoms with Crippen molar-refractivity contribution in [1.29, 1.82) is 0 Å². The zero-order chi connectivity index (χ0) is 19.2. The molecular formula is C22H29N5O. The normalized spacial score (nSPS) is 17.8. The summed E-state index contributed by atoms with van der Waals surface area (Å²) in [5, 5.41) is 14.0. The number of imidazole rings is 1. The van der Waals surface area contributed by atoms with Crippen LogP contribution in [0.3, 0.4) is 0 Å². The first-order valence-corrected chi connectivity index (χ1v) is 10.3. The minimum absolute atomic E-state index is 0.255. The molecule has 6 nitrogen and oxygen atoms in total. The van der Waals surface area contributed by atoms with Crippen LogP contribution in [-0.2, 0) is 19.5 Å². The SMILES string of the molecule is OC[C@H]1CCCCN1CCn1cnc(-c2ccccc2)c1CCn1cccn1. The number of hydrogen-bond donors (Lipinski definition) is 1. The van der Waals surface area contributed by atoms with Crippen LogP contribution in [0.4, 0.5) is 0 Å². The summed E-state index contributed by atoms with van der Waals surface area (Å²) in [6.07, 6.45) is 10.2. The average Bonchev–Trinajstić information content (AvgIpc) is 3.41. The Morgan fingerprint density at radius 3 is 2.71 bits per heavy atom. The number of aromatic nitrogens is 4. The van der Waals surface area contributed by atoms with E-state index in [1.807, 2.05) is 35.5 Å². The Kier molecular flexibility index (Phi) is 6.19. The molecule has 2 aromatic heterocycles. The van der Waals surface area contributed by atoms with Gasteiger partial charge in [0.15, 0.2) is 0 Å². The minimum Gasteiger partial charge on any atom is -0.395 e. The molecule has 0 bridgehead atoms. The van der Waals surface area contributed by atoms with Crippen molar-refractivity contribution in [2.24, 2.45) is 0 Å². The molecule has 1 aliphatic heterocycles. The van der Waals surface area contributed by atoms with E-state index < -0.39 is 0 Å². The van der Waals surface area contributed by atoms with Crippen LogP contribution >= 0.6 is 0 Å². The van der Waals surface area contributed by atoms with Gasteiger partial charge in [0.05, 0.1) is 18.6 Å². The summed E-state index contributed by atoms with van der Waals surface area (Å²) in [5.74, 6) is 0. The standard InChI is InChI=1S/C22H29N5O/c28-17-20-9-4-5-12-25(20)15-16-26-18-23-22(19-7-2-1-3-8-19)21(26)10-14-27-13-6-11-24-27/h1-3,6-8,11,13,18,20,28H,4-5,9-10,12,14-17H2/t20-/m1/s1. The number of aliphatic hydroxyl groups is 1. The lowest BCUT2D eigenvalue weighted by atomic mass is 10.0. The van der Waals surface area contributed by atoms with Crippen LogP contribution in [0.2, 0.25) is 0 Å². The molecule has 28 heavy (non-hydrogen) atoms. The van der Waals surface area contributed by atoms with Gasteiger partial charge in [-0.2, -0.15) is 5.10 Å². The first-order chi connectivity index (χ1) is 13.8. The molecule has 4 rings (SSSR count). The first-order valence-electron chi connectivity index (χ1n) is 10.3. The van der Waals surface area contributed by atoms with Crippen LogP contribution in [-0.4, -0.2) is 55.1 Å². The number of aryl methyl sites for hydroxylation is 1. The molecule has 1 saturated heterocycles. The summed E-state index contributed by atoms with van der Waals surface area (Å²) in [4.78, 5) is 7.19. The number of benzene rings is 1. The van der Waals surface area contributed by atoms with Gasteiger partial charge >= 0.3 is 0 Å². The molecule has 0 spiro atoms. The van der Waals surface area contributed by atoms with E-state index in [2.05, 4.69) is 38.8 Å². The lowest BCUT2D eigenvalue weighted by Crippen LogP contribution is -2.43. The van der Waals surface area contributed by atoms with E-state index in [9.17, 15) is 5.11 Å². The molecule has 0 saturated carbocycles. The number of nitrogens with zero attached hydrogens (tertiary/aromatic N) is 5. The van der Waals surface area contributed by atoms with Crippen molar-refractivity contribution in [3.63, 3.8) is 0 Å². The molecule has 0 unspecified atom stereocenters. The van der Waals surface area contributed by atoms with Crippen molar-refractivity contribution in [1.82, 2.24) is 24.2 Å². The summed E-state index contributed by atoms with van der Waals surface area (Å²) in [5.41, 5.74) is 3.47. The van der Waals surface area contributed by atoms with Crippen molar-refractivity contribution >= 4 is 0 Å². The maximum absolute atomic E-state index is 9.69. The Labute approximate surface area is 166 Å². The van der Waals surface area contributed by atoms with Gasteiger partial charge in [-0.1, -0.05) is 36.8 Å². The fraction of sp³-hybridized carbons (Fsp3) is 0.455. The number of likely N-dealkylation sites (tertiary alicyclic amines) is 1. The van der Waals surface area contributed by atoms with E-state index in [0.717, 1.165) is 50.3 Å². The minimum atomic E-state index is 0.255. The van der Waals surface area contributed by atoms with Crippen molar-refractivity contribution < 1.29 is 5.11 Å². The Morgan fingerprint density at radius 1 is 1.04 bits per heavy atom. The van der Waals surface area contributed by atoms with E-state index in [4.69, 9.17) is 4.98 Å². The summed E-state index contributed by atoms with van der Waals surface area (Å²) in [6.45, 7) is 4.01. The zero-order valence-corrected chi connectivity index (χ0v) is 16.3. The highest BCUT2D eigenvalue weighted by atomic mass is 16.3. The highest BCUT2D eigenvalue weighted by molar-refractivity contribution is 5.61. The zero-order valence-electron chi connectivity index (χ0n) is 16.3. The quantitative estimate of drug-likeness (QED) is 0.654. The van der Waals surface area contributed by atoms with Gasteiger partial charge in [-0.25, -0.2) is 4.98 Å². The van der Waals surface area contributed by atoms with Gasteiger partial charge in [0.25, 0.3) is 0 Å². The van der Waals surface area contributed by atoms with Crippen LogP contribution in [0.15, 0.2) is 55.1 Å². The molecule has 0 radical (unpaired) electrons. The average molecular weight is 380 g/mol. The summed E-state index contributed by atoms with van der Waals surface area (Å²) in [7, 11) is 0. The second-order valence-corrected chi connectivity index (χ2v) is 7.49. The van der Waals surface area contributed by atoms with Gasteiger partial charge in [0.2, 0.25) is 0 Å². The largest absolute Gasteiger partial charge is 0.395 e. The van der Waals surface area contributed by atoms with Crippen LogP contribution in [0.5, 0.6) is 0 Å². The molecule has 1 N–H and O–H groups in total. The lowest BCUT2D eigenvalue weighted by Gasteiger charge is -2.34. The third-order valence-corrected chi connectivity index (χ3v) is 5.72. The maximum atomic E-state index is 9.69. The number of aliphatic hydroxyl groups excluding tert-OH is 1. The fourth-order valence-corrected chi connectivity index (χ4v) is 4.15. The molecule has 3 aromatic rings. The van der Waals surface area contributed by atoms with Gasteiger partial charge in [0, 0.05) is 55.7 Å². The second kappa shape index (κ2) is 9.17. The monoisotopic (exact) mass is 379 g/mol. The van der Waals surface area contributed by atoms with Crippen molar-refractivity contribution in [2.45, 2.75) is 44.8 Å². The molecule has 1 fully saturated rings. The van der Waals surface area contributed by atoms with E-state index >= 15 is 0 Å². The number of piperidine rings is 1. The molecule has 3 heterocycles. The molecule has 0 aliphatic carbocycles. The van der Waals surface area contributed by atoms with Crippen molar-refractivity contribution in [3.05, 3.63) is 60.8 Å². The molecular weight excluding hydrogens is 350 g/mol. The molecule has 1 aromatic carbocycles. The van der Waals surface area contributed by atoms with Gasteiger partial charge in [-0.05, 0) is 25.5 Å². The van der Waals surface area contributed by atoms with Gasteiger partial charge in [-0.3, -0.25) is 9.58 Å². The lowest BCUT2D eigenvalue weighted by molar-refractivity contribution is 0.0869. The third-order valence-electron chi connectivity index (χ3n) is 5.72. The van der Waals surface area contributed by atoms with Crippen LogP contribution in [0.25, 0.3) is 11.3 Å². The van der Waals surface area contributed by atoms with Crippen molar-refractivity contribution in [2.75, 3.05) is 19.7 Å². The van der Waals surface area contributed by atoms with E-state index in [0.29, 0.717) is 6.04 Å². The van der Waals surface area contributed by atoms with Gasteiger partial charge < -0.3 is 9.67 Å². The number of rotatable bonds is 8. The van der Waals surface area contributed by atoms with E-state index in [-0.39, 0.29) is 6.61 Å². The van der Waals surface area contributed by atoms with Crippen molar-refractivity contribution in [3.8, 4) is 11.3 Å². The Morgan fingerprint density at radius 2 is 1.93 bits per heavy atom. The Balaban J connectivity index is 1.53. The summed E-state index contributed by atoms with van der Waals surface area (Å²) < 4.78 is 4.26. The molecule has 148 valence electrons. The van der Waals surface area contributed by atoms with Crippen LogP contribution in [0, 0.1) is 0 Å². The molecule has 1 aliphatic rings. The smallest absolute Gasteiger partial charge is 0.0956 e. The fourth-order valence-electron chi connectivity index (χ4n) is 4.15. The molecule has 1 atom stereocenters. The molecule has 0 amide bonds. The topological polar surface area (TPSA) is 59.1 Å². The van der Waals surface area contributed by atoms with Crippen LogP contribution in [0.1, 0.15) is 25.0 Å². The Hall–Kier alpha value is -2.44. The van der Waals surface area contributed by atoms with Crippen LogP contribution < -0.4 is 0 Å². The van der Waals surface area contributed by atoms with Gasteiger partial charge in [-0.15, -0.1) is 0 Å². The van der Waals surface area contributed by atoms with E-state index in [1.165, 1.54) is 18.5 Å². The predicted octanol–water partition coefficient (Wildman–Crippen LogP) is 2.84. The summed E-state index contributed by atoms with van der Waals surface area (Å²) >= 11 is 0.